The van der Waals surface area contributed by atoms with Crippen molar-refractivity contribution >= 4 is 39.9 Å². The minimum absolute atomic E-state index is 0. The first-order valence-electron chi connectivity index (χ1n) is 7.28. The summed E-state index contributed by atoms with van der Waals surface area (Å²) >= 11 is 5.93. The molecule has 0 atom stereocenters. The zero-order valence-electron chi connectivity index (χ0n) is 13.6. The summed E-state index contributed by atoms with van der Waals surface area (Å²) in [6.07, 6.45) is 0.522. The number of nitrogens with one attached hydrogen (secondary N) is 1. The standard InChI is InChI=1S/C16H19ClFN3O2S.ClH/c1-21(11-14-15(17)3-2-4-16(14)18)24(22,23)20-10-9-12-5-7-13(19)8-6-12;/h2-8,20H,9-11,19H2,1H3;1H. The molecule has 0 amide bonds. The molecule has 0 aromatic heterocycles. The molecule has 0 aliphatic rings. The van der Waals surface area contributed by atoms with E-state index in [-0.39, 0.29) is 36.1 Å². The Morgan fingerprint density at radius 3 is 2.44 bits per heavy atom. The summed E-state index contributed by atoms with van der Waals surface area (Å²) in [6.45, 7) is 0.0737. The molecule has 0 saturated carbocycles. The van der Waals surface area contributed by atoms with Crippen LogP contribution in [-0.2, 0) is 23.2 Å². The summed E-state index contributed by atoms with van der Waals surface area (Å²) in [4.78, 5) is 0. The molecule has 0 heterocycles. The van der Waals surface area contributed by atoms with Gasteiger partial charge in [-0.3, -0.25) is 0 Å². The maximum absolute atomic E-state index is 13.8. The van der Waals surface area contributed by atoms with Gasteiger partial charge in [0.2, 0.25) is 0 Å². The van der Waals surface area contributed by atoms with Crippen molar-refractivity contribution in [3.63, 3.8) is 0 Å². The van der Waals surface area contributed by atoms with Crippen molar-refractivity contribution in [3.05, 3.63) is 64.4 Å². The highest BCUT2D eigenvalue weighted by molar-refractivity contribution is 7.87. The summed E-state index contributed by atoms with van der Waals surface area (Å²) < 4.78 is 41.7. The summed E-state index contributed by atoms with van der Waals surface area (Å²) in [6, 6.07) is 11.4. The van der Waals surface area contributed by atoms with Gasteiger partial charge in [0, 0.05) is 36.4 Å². The Bertz CT molecular complexity index is 781. The Kier molecular flexibility index (Phi) is 8.11. The monoisotopic (exact) mass is 407 g/mol. The van der Waals surface area contributed by atoms with E-state index in [1.165, 1.54) is 25.2 Å². The van der Waals surface area contributed by atoms with Crippen LogP contribution in [0.15, 0.2) is 42.5 Å². The Balaban J connectivity index is 0.00000312. The van der Waals surface area contributed by atoms with Gasteiger partial charge in [-0.05, 0) is 36.2 Å². The van der Waals surface area contributed by atoms with Gasteiger partial charge in [0.1, 0.15) is 5.82 Å². The third kappa shape index (κ3) is 6.13. The molecule has 0 spiro atoms. The quantitative estimate of drug-likeness (QED) is 0.692. The van der Waals surface area contributed by atoms with Crippen LogP contribution < -0.4 is 10.5 Å². The lowest BCUT2D eigenvalue weighted by Gasteiger charge is -2.18. The first kappa shape index (κ1) is 21.7. The molecule has 0 bridgehead atoms. The molecule has 2 aromatic rings. The van der Waals surface area contributed by atoms with Gasteiger partial charge in [-0.15, -0.1) is 12.4 Å². The van der Waals surface area contributed by atoms with Crippen LogP contribution in [0.5, 0.6) is 0 Å². The smallest absolute Gasteiger partial charge is 0.279 e. The van der Waals surface area contributed by atoms with Crippen molar-refractivity contribution in [2.75, 3.05) is 19.3 Å². The lowest BCUT2D eigenvalue weighted by molar-refractivity contribution is 0.446. The number of nitrogens with zero attached hydrogens (tertiary/aromatic N) is 1. The first-order chi connectivity index (χ1) is 11.3. The highest BCUT2D eigenvalue weighted by atomic mass is 35.5. The SMILES string of the molecule is CN(Cc1c(F)cccc1Cl)S(=O)(=O)NCCc1ccc(N)cc1.Cl. The second-order valence-electron chi connectivity index (χ2n) is 5.35. The molecule has 25 heavy (non-hydrogen) atoms. The van der Waals surface area contributed by atoms with Crippen molar-refractivity contribution < 1.29 is 12.8 Å². The van der Waals surface area contributed by atoms with Crippen LogP contribution >= 0.6 is 24.0 Å². The molecule has 2 rings (SSSR count). The van der Waals surface area contributed by atoms with Gasteiger partial charge in [0.15, 0.2) is 0 Å². The van der Waals surface area contributed by atoms with Crippen LogP contribution in [-0.4, -0.2) is 26.3 Å². The number of hydrogen-bond donors (Lipinski definition) is 2. The van der Waals surface area contributed by atoms with Crippen LogP contribution in [0.3, 0.4) is 0 Å². The largest absolute Gasteiger partial charge is 0.399 e. The maximum Gasteiger partial charge on any atom is 0.279 e. The highest BCUT2D eigenvalue weighted by Gasteiger charge is 2.20. The van der Waals surface area contributed by atoms with E-state index >= 15 is 0 Å². The Hall–Kier alpha value is -1.38. The van der Waals surface area contributed by atoms with E-state index in [9.17, 15) is 12.8 Å². The van der Waals surface area contributed by atoms with Crippen LogP contribution in [0, 0.1) is 5.82 Å². The normalized spacial score (nSPS) is 11.4. The van der Waals surface area contributed by atoms with Crippen molar-refractivity contribution in [2.45, 2.75) is 13.0 Å². The number of nitrogens with two attached hydrogens (primary N) is 1. The number of benzene rings is 2. The zero-order chi connectivity index (χ0) is 17.7. The van der Waals surface area contributed by atoms with Crippen LogP contribution in [0.25, 0.3) is 0 Å². The van der Waals surface area contributed by atoms with E-state index < -0.39 is 16.0 Å². The van der Waals surface area contributed by atoms with Gasteiger partial charge in [-0.25, -0.2) is 9.11 Å². The minimum atomic E-state index is -3.74. The average molecular weight is 408 g/mol. The van der Waals surface area contributed by atoms with Crippen LogP contribution in [0.2, 0.25) is 5.02 Å². The predicted molar refractivity (Wildman–Crippen MR) is 102 cm³/mol. The zero-order valence-corrected chi connectivity index (χ0v) is 16.0. The van der Waals surface area contributed by atoms with E-state index in [1.54, 1.807) is 12.1 Å². The molecule has 9 heteroatoms. The van der Waals surface area contributed by atoms with Gasteiger partial charge in [0.05, 0.1) is 0 Å². The lowest BCUT2D eigenvalue weighted by Crippen LogP contribution is -2.38. The van der Waals surface area contributed by atoms with Crippen LogP contribution in [0.1, 0.15) is 11.1 Å². The molecule has 138 valence electrons. The summed E-state index contributed by atoms with van der Waals surface area (Å²) in [5.74, 6) is -0.536. The number of hydrogen-bond acceptors (Lipinski definition) is 3. The van der Waals surface area contributed by atoms with Crippen molar-refractivity contribution in [2.24, 2.45) is 0 Å². The fourth-order valence-corrected chi connectivity index (χ4v) is 3.21. The van der Waals surface area contributed by atoms with Gasteiger partial charge >= 0.3 is 0 Å². The summed E-state index contributed by atoms with van der Waals surface area (Å²) in [7, 11) is -2.37. The number of nitrogen functional groups attached to an aromatic ring is 1. The number of rotatable bonds is 7. The fraction of sp³-hybridized carbons (Fsp3) is 0.250. The molecule has 0 unspecified atom stereocenters. The molecule has 0 fully saturated rings. The van der Waals surface area contributed by atoms with Crippen molar-refractivity contribution in [1.82, 2.24) is 9.03 Å². The number of anilines is 1. The van der Waals surface area contributed by atoms with E-state index in [0.717, 1.165) is 9.87 Å². The molecular weight excluding hydrogens is 388 g/mol. The number of halogens is 3. The van der Waals surface area contributed by atoms with E-state index in [2.05, 4.69) is 4.72 Å². The topological polar surface area (TPSA) is 75.4 Å². The minimum Gasteiger partial charge on any atom is -0.399 e. The maximum atomic E-state index is 13.8. The van der Waals surface area contributed by atoms with E-state index in [4.69, 9.17) is 17.3 Å². The molecule has 5 nitrogen and oxygen atoms in total. The molecule has 2 aromatic carbocycles. The summed E-state index contributed by atoms with van der Waals surface area (Å²) in [5, 5.41) is 0.193. The van der Waals surface area contributed by atoms with Gasteiger partial charge in [0.25, 0.3) is 10.2 Å². The molecule has 3 N–H and O–H groups in total. The van der Waals surface area contributed by atoms with E-state index in [0.29, 0.717) is 12.1 Å². The third-order valence-corrected chi connectivity index (χ3v) is 5.40. The molecule has 0 aliphatic heterocycles. The lowest BCUT2D eigenvalue weighted by atomic mass is 10.1. The fourth-order valence-electron chi connectivity index (χ4n) is 2.11. The second kappa shape index (κ2) is 9.35. The van der Waals surface area contributed by atoms with Gasteiger partial charge in [-0.2, -0.15) is 12.7 Å². The van der Waals surface area contributed by atoms with Crippen molar-refractivity contribution in [1.29, 1.82) is 0 Å². The van der Waals surface area contributed by atoms with Crippen LogP contribution in [0.4, 0.5) is 10.1 Å². The van der Waals surface area contributed by atoms with E-state index in [1.807, 2.05) is 12.1 Å². The average Bonchev–Trinajstić information content (AvgIpc) is 2.52. The molecular formula is C16H20Cl2FN3O2S. The Morgan fingerprint density at radius 1 is 1.20 bits per heavy atom. The summed E-state index contributed by atoms with van der Waals surface area (Å²) in [5.41, 5.74) is 7.36. The molecule has 0 aliphatic carbocycles. The van der Waals surface area contributed by atoms with Crippen molar-refractivity contribution in [3.8, 4) is 0 Å². The predicted octanol–water partition coefficient (Wildman–Crippen LogP) is 2.99. The van der Waals surface area contributed by atoms with Gasteiger partial charge in [-0.1, -0.05) is 29.8 Å². The first-order valence-corrected chi connectivity index (χ1v) is 9.09. The molecule has 0 saturated heterocycles. The Morgan fingerprint density at radius 2 is 1.84 bits per heavy atom. The second-order valence-corrected chi connectivity index (χ2v) is 7.62. The highest BCUT2D eigenvalue weighted by Crippen LogP contribution is 2.21. The Labute approximate surface area is 158 Å². The molecule has 0 radical (unpaired) electrons. The van der Waals surface area contributed by atoms with Gasteiger partial charge < -0.3 is 5.73 Å². The third-order valence-electron chi connectivity index (χ3n) is 3.53.